The Morgan fingerprint density at radius 1 is 1.14 bits per heavy atom. The van der Waals surface area contributed by atoms with Gasteiger partial charge in [-0.2, -0.15) is 13.2 Å². The molecule has 3 aromatic rings. The highest BCUT2D eigenvalue weighted by Crippen LogP contribution is 2.31. The lowest BCUT2D eigenvalue weighted by molar-refractivity contribution is -0.137. The maximum atomic E-state index is 12.7. The lowest BCUT2D eigenvalue weighted by Gasteiger charge is -2.09. The Morgan fingerprint density at radius 2 is 1.93 bits per heavy atom. The molecular weight excluding hydrogens is 375 g/mol. The third kappa shape index (κ3) is 4.67. The van der Waals surface area contributed by atoms with E-state index >= 15 is 0 Å². The van der Waals surface area contributed by atoms with Crippen molar-refractivity contribution >= 4 is 11.6 Å². The number of hydrogen-bond donors (Lipinski definition) is 1. The summed E-state index contributed by atoms with van der Waals surface area (Å²) in [5.74, 6) is 0.599. The van der Waals surface area contributed by atoms with E-state index in [4.69, 9.17) is 9.15 Å². The molecule has 0 atom stereocenters. The van der Waals surface area contributed by atoms with Crippen LogP contribution in [0.2, 0.25) is 0 Å². The largest absolute Gasteiger partial charge is 0.496 e. The zero-order valence-electron chi connectivity index (χ0n) is 14.8. The number of hydrogen-bond acceptors (Lipinski definition) is 5. The molecule has 2 aromatic carbocycles. The summed E-state index contributed by atoms with van der Waals surface area (Å²) in [4.78, 5) is 12.0. The second-order valence-electron chi connectivity index (χ2n) is 5.83. The van der Waals surface area contributed by atoms with E-state index in [-0.39, 0.29) is 30.3 Å². The molecule has 1 N–H and O–H groups in total. The summed E-state index contributed by atoms with van der Waals surface area (Å²) >= 11 is 0. The fourth-order valence-corrected chi connectivity index (χ4v) is 2.50. The van der Waals surface area contributed by atoms with Crippen molar-refractivity contribution in [2.24, 2.45) is 0 Å². The van der Waals surface area contributed by atoms with Crippen LogP contribution in [0.5, 0.6) is 5.75 Å². The number of benzene rings is 2. The van der Waals surface area contributed by atoms with Crippen LogP contribution in [0.3, 0.4) is 0 Å². The predicted molar refractivity (Wildman–Crippen MR) is 94.7 cm³/mol. The van der Waals surface area contributed by atoms with Crippen molar-refractivity contribution in [1.82, 2.24) is 10.2 Å². The average Bonchev–Trinajstić information content (AvgIpc) is 3.15. The van der Waals surface area contributed by atoms with Crippen molar-refractivity contribution in [3.63, 3.8) is 0 Å². The summed E-state index contributed by atoms with van der Waals surface area (Å²) in [5.41, 5.74) is -0.138. The highest BCUT2D eigenvalue weighted by Gasteiger charge is 2.30. The van der Waals surface area contributed by atoms with Crippen LogP contribution >= 0.6 is 0 Å². The van der Waals surface area contributed by atoms with E-state index in [0.717, 1.165) is 12.1 Å². The van der Waals surface area contributed by atoms with Gasteiger partial charge in [0.25, 0.3) is 5.89 Å². The van der Waals surface area contributed by atoms with Gasteiger partial charge in [0.1, 0.15) is 5.75 Å². The SMILES string of the molecule is COc1ccccc1-c1nnc(CCC(=O)Nc2cccc(C(F)(F)F)c2)o1. The van der Waals surface area contributed by atoms with Crippen molar-refractivity contribution < 1.29 is 27.1 Å². The van der Waals surface area contributed by atoms with E-state index < -0.39 is 17.6 Å². The molecule has 0 radical (unpaired) electrons. The van der Waals surface area contributed by atoms with Gasteiger partial charge in [-0.15, -0.1) is 10.2 Å². The number of carbonyl (C=O) groups is 1. The molecule has 9 heteroatoms. The van der Waals surface area contributed by atoms with E-state index in [1.165, 1.54) is 19.2 Å². The highest BCUT2D eigenvalue weighted by molar-refractivity contribution is 5.90. The smallest absolute Gasteiger partial charge is 0.416 e. The van der Waals surface area contributed by atoms with Gasteiger partial charge in [0, 0.05) is 18.5 Å². The van der Waals surface area contributed by atoms with Crippen molar-refractivity contribution in [2.45, 2.75) is 19.0 Å². The summed E-state index contributed by atoms with van der Waals surface area (Å²) in [6, 6.07) is 11.5. The number of methoxy groups -OCH3 is 1. The van der Waals surface area contributed by atoms with Gasteiger partial charge in [-0.05, 0) is 30.3 Å². The zero-order valence-corrected chi connectivity index (χ0v) is 14.8. The molecule has 0 bridgehead atoms. The molecule has 0 spiro atoms. The Hall–Kier alpha value is -3.36. The van der Waals surface area contributed by atoms with Crippen LogP contribution in [0.25, 0.3) is 11.5 Å². The minimum atomic E-state index is -4.47. The number of aryl methyl sites for hydroxylation is 1. The molecule has 6 nitrogen and oxygen atoms in total. The summed E-state index contributed by atoms with van der Waals surface area (Å²) < 4.78 is 48.9. The quantitative estimate of drug-likeness (QED) is 0.677. The van der Waals surface area contributed by atoms with Crippen molar-refractivity contribution in [3.8, 4) is 17.2 Å². The molecule has 1 heterocycles. The molecule has 28 heavy (non-hydrogen) atoms. The fourth-order valence-electron chi connectivity index (χ4n) is 2.50. The summed E-state index contributed by atoms with van der Waals surface area (Å²) in [7, 11) is 1.52. The van der Waals surface area contributed by atoms with Gasteiger partial charge in [0.15, 0.2) is 0 Å². The molecule has 0 aliphatic carbocycles. The Kier molecular flexibility index (Phi) is 5.62. The van der Waals surface area contributed by atoms with Crippen LogP contribution in [-0.2, 0) is 17.4 Å². The first-order valence-electron chi connectivity index (χ1n) is 8.29. The molecule has 0 unspecified atom stereocenters. The number of ether oxygens (including phenoxy) is 1. The molecule has 0 saturated heterocycles. The number of nitrogens with one attached hydrogen (secondary N) is 1. The average molecular weight is 391 g/mol. The Bertz CT molecular complexity index is 970. The maximum Gasteiger partial charge on any atom is 0.416 e. The van der Waals surface area contributed by atoms with Crippen LogP contribution in [0.15, 0.2) is 52.9 Å². The van der Waals surface area contributed by atoms with Crippen molar-refractivity contribution in [3.05, 3.63) is 60.0 Å². The fraction of sp³-hybridized carbons (Fsp3) is 0.211. The van der Waals surface area contributed by atoms with E-state index in [1.54, 1.807) is 24.3 Å². The topological polar surface area (TPSA) is 77.2 Å². The summed E-state index contributed by atoms with van der Waals surface area (Å²) in [6.07, 6.45) is -4.35. The van der Waals surface area contributed by atoms with Crippen LogP contribution in [0.4, 0.5) is 18.9 Å². The number of aromatic nitrogens is 2. The molecule has 0 fully saturated rings. The Labute approximate surface area is 158 Å². The van der Waals surface area contributed by atoms with Crippen molar-refractivity contribution in [2.75, 3.05) is 12.4 Å². The van der Waals surface area contributed by atoms with Crippen LogP contribution in [0.1, 0.15) is 17.9 Å². The van der Waals surface area contributed by atoms with Gasteiger partial charge in [-0.25, -0.2) is 0 Å². The Morgan fingerprint density at radius 3 is 2.68 bits per heavy atom. The lowest BCUT2D eigenvalue weighted by atomic mass is 10.2. The molecule has 0 aliphatic rings. The number of alkyl halides is 3. The normalized spacial score (nSPS) is 11.3. The van der Waals surface area contributed by atoms with Crippen LogP contribution < -0.4 is 10.1 Å². The molecule has 3 rings (SSSR count). The van der Waals surface area contributed by atoms with Gasteiger partial charge in [0.05, 0.1) is 18.2 Å². The molecule has 1 amide bonds. The van der Waals surface area contributed by atoms with E-state index in [9.17, 15) is 18.0 Å². The second-order valence-corrected chi connectivity index (χ2v) is 5.83. The summed E-state index contributed by atoms with van der Waals surface area (Å²) in [6.45, 7) is 0. The Balaban J connectivity index is 1.61. The summed E-state index contributed by atoms with van der Waals surface area (Å²) in [5, 5.41) is 10.3. The number of anilines is 1. The standard InChI is InChI=1S/C19H16F3N3O3/c1-27-15-8-3-2-7-14(15)18-25-24-17(28-18)10-9-16(26)23-13-6-4-5-12(11-13)19(20,21)22/h2-8,11H,9-10H2,1H3,(H,23,26). The van der Waals surface area contributed by atoms with Gasteiger partial charge in [-0.3, -0.25) is 4.79 Å². The molecule has 0 aliphatic heterocycles. The number of amides is 1. The third-order valence-electron chi connectivity index (χ3n) is 3.84. The second kappa shape index (κ2) is 8.12. The molecule has 146 valence electrons. The van der Waals surface area contributed by atoms with Gasteiger partial charge >= 0.3 is 6.18 Å². The van der Waals surface area contributed by atoms with Crippen LogP contribution in [0, 0.1) is 0 Å². The highest BCUT2D eigenvalue weighted by atomic mass is 19.4. The van der Waals surface area contributed by atoms with E-state index in [1.807, 2.05) is 0 Å². The number of para-hydroxylation sites is 1. The van der Waals surface area contributed by atoms with Gasteiger partial charge < -0.3 is 14.5 Å². The van der Waals surface area contributed by atoms with Crippen LogP contribution in [-0.4, -0.2) is 23.2 Å². The first-order chi connectivity index (χ1) is 13.4. The van der Waals surface area contributed by atoms with Crippen molar-refractivity contribution in [1.29, 1.82) is 0 Å². The number of rotatable bonds is 6. The monoisotopic (exact) mass is 391 g/mol. The van der Waals surface area contributed by atoms with Gasteiger partial charge in [0.2, 0.25) is 11.8 Å². The minimum Gasteiger partial charge on any atom is -0.496 e. The third-order valence-corrected chi connectivity index (χ3v) is 3.84. The molecular formula is C19H16F3N3O3. The number of halogens is 3. The predicted octanol–water partition coefficient (Wildman–Crippen LogP) is 4.34. The minimum absolute atomic E-state index is 0.0240. The maximum absolute atomic E-state index is 12.7. The number of nitrogens with zero attached hydrogens (tertiary/aromatic N) is 2. The zero-order chi connectivity index (χ0) is 20.1. The lowest BCUT2D eigenvalue weighted by Crippen LogP contribution is -2.13. The van der Waals surface area contributed by atoms with Gasteiger partial charge in [-0.1, -0.05) is 18.2 Å². The van der Waals surface area contributed by atoms with E-state index in [2.05, 4.69) is 15.5 Å². The van der Waals surface area contributed by atoms with E-state index in [0.29, 0.717) is 11.3 Å². The first kappa shape index (κ1) is 19.4. The first-order valence-corrected chi connectivity index (χ1v) is 8.29. The molecule has 1 aromatic heterocycles. The number of carbonyl (C=O) groups excluding carboxylic acids is 1. The molecule has 0 saturated carbocycles.